The highest BCUT2D eigenvalue weighted by Crippen LogP contribution is 2.34. The molecule has 0 saturated heterocycles. The zero-order valence-electron chi connectivity index (χ0n) is 16.4. The maximum atomic E-state index is 13.1. The Morgan fingerprint density at radius 3 is 2.73 bits per heavy atom. The Balaban J connectivity index is 1.58. The molecule has 30 heavy (non-hydrogen) atoms. The standard InChI is InChI=1S/C21H22ClN3O4S/c1-23-21(26)18-11-14-10-16(5-6-17(14)24-18)25-30(27,28)20-12-15(22)4-7-19(20)29-9-8-13-2-3-13/h4-7,10-13,24-25H,2-3,8-9H2,1H3,(H,23,26). The molecule has 158 valence electrons. The van der Waals surface area contributed by atoms with Gasteiger partial charge in [-0.15, -0.1) is 0 Å². The Hall–Kier alpha value is -2.71. The molecule has 0 spiro atoms. The summed E-state index contributed by atoms with van der Waals surface area (Å²) in [6.45, 7) is 0.465. The van der Waals surface area contributed by atoms with Crippen LogP contribution in [-0.4, -0.2) is 33.0 Å². The largest absolute Gasteiger partial charge is 0.492 e. The van der Waals surface area contributed by atoms with E-state index in [9.17, 15) is 13.2 Å². The highest BCUT2D eigenvalue weighted by molar-refractivity contribution is 7.92. The number of H-pyrrole nitrogens is 1. The monoisotopic (exact) mass is 447 g/mol. The molecule has 1 heterocycles. The van der Waals surface area contributed by atoms with E-state index in [1.165, 1.54) is 18.9 Å². The lowest BCUT2D eigenvalue weighted by atomic mass is 10.2. The summed E-state index contributed by atoms with van der Waals surface area (Å²) in [5.41, 5.74) is 1.49. The number of aromatic nitrogens is 1. The summed E-state index contributed by atoms with van der Waals surface area (Å²) < 4.78 is 34.4. The Labute approximate surface area is 179 Å². The average molecular weight is 448 g/mol. The van der Waals surface area contributed by atoms with E-state index < -0.39 is 10.0 Å². The van der Waals surface area contributed by atoms with Gasteiger partial charge < -0.3 is 15.0 Å². The molecule has 1 saturated carbocycles. The van der Waals surface area contributed by atoms with E-state index in [2.05, 4.69) is 15.0 Å². The number of rotatable bonds is 8. The number of anilines is 1. The number of carbonyl (C=O) groups is 1. The van der Waals surface area contributed by atoms with Crippen molar-refractivity contribution in [2.45, 2.75) is 24.2 Å². The van der Waals surface area contributed by atoms with E-state index in [0.29, 0.717) is 34.3 Å². The molecule has 2 aromatic carbocycles. The average Bonchev–Trinajstić information content (AvgIpc) is 3.44. The minimum absolute atomic E-state index is 0.00832. The number of fused-ring (bicyclic) bond motifs is 1. The number of halogens is 1. The van der Waals surface area contributed by atoms with Crippen LogP contribution in [0.25, 0.3) is 10.9 Å². The van der Waals surface area contributed by atoms with E-state index in [1.54, 1.807) is 43.4 Å². The molecule has 7 nitrogen and oxygen atoms in total. The molecule has 3 N–H and O–H groups in total. The van der Waals surface area contributed by atoms with E-state index in [4.69, 9.17) is 16.3 Å². The molecule has 1 fully saturated rings. The first-order valence-corrected chi connectivity index (χ1v) is 11.5. The van der Waals surface area contributed by atoms with E-state index in [0.717, 1.165) is 11.9 Å². The van der Waals surface area contributed by atoms with Gasteiger partial charge in [-0.25, -0.2) is 8.42 Å². The van der Waals surface area contributed by atoms with Crippen molar-refractivity contribution in [2.24, 2.45) is 5.92 Å². The van der Waals surface area contributed by atoms with Crippen LogP contribution in [0.15, 0.2) is 47.4 Å². The lowest BCUT2D eigenvalue weighted by molar-refractivity contribution is 0.0959. The molecular formula is C21H22ClN3O4S. The highest BCUT2D eigenvalue weighted by atomic mass is 35.5. The smallest absolute Gasteiger partial charge is 0.267 e. The van der Waals surface area contributed by atoms with E-state index in [1.807, 2.05) is 0 Å². The molecule has 9 heteroatoms. The van der Waals surface area contributed by atoms with Crippen molar-refractivity contribution in [3.63, 3.8) is 0 Å². The summed E-state index contributed by atoms with van der Waals surface area (Å²) in [4.78, 5) is 14.8. The Bertz CT molecular complexity index is 1200. The molecular weight excluding hydrogens is 426 g/mol. The molecule has 0 aliphatic heterocycles. The van der Waals surface area contributed by atoms with Crippen LogP contribution < -0.4 is 14.8 Å². The quantitative estimate of drug-likeness (QED) is 0.482. The van der Waals surface area contributed by atoms with Crippen LogP contribution >= 0.6 is 11.6 Å². The van der Waals surface area contributed by atoms with Crippen LogP contribution in [0.3, 0.4) is 0 Å². The fourth-order valence-electron chi connectivity index (χ4n) is 3.22. The van der Waals surface area contributed by atoms with Crippen molar-refractivity contribution in [1.82, 2.24) is 10.3 Å². The van der Waals surface area contributed by atoms with Crippen LogP contribution in [0, 0.1) is 5.92 Å². The number of hydrogen-bond acceptors (Lipinski definition) is 4. The van der Waals surface area contributed by atoms with Gasteiger partial charge in [-0.1, -0.05) is 24.4 Å². The van der Waals surface area contributed by atoms with E-state index in [-0.39, 0.29) is 16.6 Å². The summed E-state index contributed by atoms with van der Waals surface area (Å²) in [6, 6.07) is 11.2. The van der Waals surface area contributed by atoms with Gasteiger partial charge in [0.2, 0.25) is 0 Å². The predicted octanol–water partition coefficient (Wildman–Crippen LogP) is 4.16. The lowest BCUT2D eigenvalue weighted by Gasteiger charge is -2.14. The zero-order chi connectivity index (χ0) is 21.3. The first kappa shape index (κ1) is 20.6. The van der Waals surface area contributed by atoms with Gasteiger partial charge in [0.1, 0.15) is 16.3 Å². The third-order valence-corrected chi connectivity index (χ3v) is 6.66. The van der Waals surface area contributed by atoms with Crippen molar-refractivity contribution in [1.29, 1.82) is 0 Å². The third-order valence-electron chi connectivity index (χ3n) is 5.02. The van der Waals surface area contributed by atoms with Crippen molar-refractivity contribution < 1.29 is 17.9 Å². The molecule has 4 rings (SSSR count). The number of benzene rings is 2. The Morgan fingerprint density at radius 1 is 1.20 bits per heavy atom. The summed E-state index contributed by atoms with van der Waals surface area (Å²) in [5, 5.41) is 3.56. The van der Waals surface area contributed by atoms with Crippen LogP contribution in [0.2, 0.25) is 5.02 Å². The Kier molecular flexibility index (Phi) is 5.62. The fourth-order valence-corrected chi connectivity index (χ4v) is 4.67. The van der Waals surface area contributed by atoms with Gasteiger partial charge in [0, 0.05) is 28.7 Å². The highest BCUT2D eigenvalue weighted by Gasteiger charge is 2.23. The maximum Gasteiger partial charge on any atom is 0.267 e. The first-order valence-electron chi connectivity index (χ1n) is 9.66. The fraction of sp³-hybridized carbons (Fsp3) is 0.286. The normalized spacial score (nSPS) is 13.9. The molecule has 1 aliphatic rings. The Morgan fingerprint density at radius 2 is 2.00 bits per heavy atom. The van der Waals surface area contributed by atoms with Crippen molar-refractivity contribution in [3.05, 3.63) is 53.2 Å². The zero-order valence-corrected chi connectivity index (χ0v) is 17.9. The first-order chi connectivity index (χ1) is 14.4. The number of carbonyl (C=O) groups excluding carboxylic acids is 1. The maximum absolute atomic E-state index is 13.1. The molecule has 1 aromatic heterocycles. The van der Waals surface area contributed by atoms with Crippen LogP contribution in [0.1, 0.15) is 29.8 Å². The van der Waals surface area contributed by atoms with Crippen LogP contribution in [0.4, 0.5) is 5.69 Å². The van der Waals surface area contributed by atoms with Gasteiger partial charge in [-0.05, 0) is 54.8 Å². The number of ether oxygens (including phenoxy) is 1. The predicted molar refractivity (Wildman–Crippen MR) is 117 cm³/mol. The summed E-state index contributed by atoms with van der Waals surface area (Å²) in [5.74, 6) is 0.709. The van der Waals surface area contributed by atoms with Crippen LogP contribution in [-0.2, 0) is 10.0 Å². The number of hydrogen-bond donors (Lipinski definition) is 3. The van der Waals surface area contributed by atoms with Gasteiger partial charge in [0.05, 0.1) is 6.61 Å². The van der Waals surface area contributed by atoms with Crippen molar-refractivity contribution in [3.8, 4) is 5.75 Å². The minimum atomic E-state index is -3.93. The summed E-state index contributed by atoms with van der Waals surface area (Å²) in [7, 11) is -2.39. The number of amides is 1. The molecule has 0 bridgehead atoms. The van der Waals surface area contributed by atoms with Crippen LogP contribution in [0.5, 0.6) is 5.75 Å². The molecule has 0 atom stereocenters. The second-order valence-electron chi connectivity index (χ2n) is 7.34. The van der Waals surface area contributed by atoms with Gasteiger partial charge in [-0.2, -0.15) is 0 Å². The molecule has 1 amide bonds. The molecule has 0 unspecified atom stereocenters. The van der Waals surface area contributed by atoms with Crippen molar-refractivity contribution in [2.75, 3.05) is 18.4 Å². The third kappa shape index (κ3) is 4.55. The topological polar surface area (TPSA) is 100 Å². The number of sulfonamides is 1. The summed E-state index contributed by atoms with van der Waals surface area (Å²) >= 11 is 6.05. The second-order valence-corrected chi connectivity index (χ2v) is 9.43. The number of aromatic amines is 1. The molecule has 1 aliphatic carbocycles. The van der Waals surface area contributed by atoms with E-state index >= 15 is 0 Å². The minimum Gasteiger partial charge on any atom is -0.492 e. The summed E-state index contributed by atoms with van der Waals surface area (Å²) in [6.07, 6.45) is 3.33. The van der Waals surface area contributed by atoms with Gasteiger partial charge in [0.15, 0.2) is 0 Å². The number of nitrogens with one attached hydrogen (secondary N) is 3. The molecule has 3 aromatic rings. The molecule has 0 radical (unpaired) electrons. The van der Waals surface area contributed by atoms with Crippen molar-refractivity contribution >= 4 is 44.1 Å². The second kappa shape index (κ2) is 8.20. The van der Waals surface area contributed by atoms with Gasteiger partial charge >= 0.3 is 0 Å². The lowest BCUT2D eigenvalue weighted by Crippen LogP contribution is -2.17. The van der Waals surface area contributed by atoms with Gasteiger partial charge in [-0.3, -0.25) is 9.52 Å². The van der Waals surface area contributed by atoms with Gasteiger partial charge in [0.25, 0.3) is 15.9 Å². The SMILES string of the molecule is CNC(=O)c1cc2cc(NS(=O)(=O)c3cc(Cl)ccc3OCCC3CC3)ccc2[nH]1.